The van der Waals surface area contributed by atoms with E-state index in [0.29, 0.717) is 19.8 Å². The van der Waals surface area contributed by atoms with Crippen LogP contribution in [0.1, 0.15) is 26.2 Å². The van der Waals surface area contributed by atoms with Crippen LogP contribution >= 0.6 is 0 Å². The minimum atomic E-state index is 0.289. The second kappa shape index (κ2) is 10.9. The molecule has 0 bridgehead atoms. The largest absolute Gasteiger partial charge is 0.379 e. The summed E-state index contributed by atoms with van der Waals surface area (Å²) in [5.41, 5.74) is 10.7. The van der Waals surface area contributed by atoms with E-state index in [0.717, 1.165) is 32.4 Å². The molecule has 0 amide bonds. The first-order valence-electron chi connectivity index (χ1n) is 5.40. The van der Waals surface area contributed by atoms with Crippen molar-refractivity contribution in [2.24, 2.45) is 11.5 Å². The maximum atomic E-state index is 5.51. The molecule has 0 saturated heterocycles. The fourth-order valence-corrected chi connectivity index (χ4v) is 1.08. The van der Waals surface area contributed by atoms with E-state index in [1.54, 1.807) is 0 Å². The molecule has 0 fully saturated rings. The Bertz CT molecular complexity index is 112. The van der Waals surface area contributed by atoms with E-state index in [-0.39, 0.29) is 6.10 Å². The molecule has 4 N–H and O–H groups in total. The molecule has 0 rings (SSSR count). The van der Waals surface area contributed by atoms with Crippen molar-refractivity contribution in [3.8, 4) is 0 Å². The molecule has 0 aliphatic heterocycles. The Morgan fingerprint density at radius 3 is 2.36 bits per heavy atom. The van der Waals surface area contributed by atoms with Gasteiger partial charge in [-0.25, -0.2) is 0 Å². The molecule has 0 aliphatic rings. The lowest BCUT2D eigenvalue weighted by molar-refractivity contribution is 0.00865. The monoisotopic (exact) mass is 204 g/mol. The summed E-state index contributed by atoms with van der Waals surface area (Å²) in [6.07, 6.45) is 3.26. The standard InChI is InChI=1S/C10H24N2O2/c1-10(4-2-5-11)14-9-8-13-7-3-6-12/h10H,2-9,11-12H2,1H3. The molecule has 86 valence electrons. The zero-order chi connectivity index (χ0) is 10.6. The summed E-state index contributed by atoms with van der Waals surface area (Å²) < 4.78 is 10.8. The molecule has 0 saturated carbocycles. The summed E-state index contributed by atoms with van der Waals surface area (Å²) in [5.74, 6) is 0. The second-order valence-electron chi connectivity index (χ2n) is 3.37. The van der Waals surface area contributed by atoms with Gasteiger partial charge in [-0.3, -0.25) is 0 Å². The van der Waals surface area contributed by atoms with Gasteiger partial charge in [-0.15, -0.1) is 0 Å². The molecular formula is C10H24N2O2. The summed E-state index contributed by atoms with van der Waals surface area (Å²) in [7, 11) is 0. The van der Waals surface area contributed by atoms with Crippen LogP contribution in [0.2, 0.25) is 0 Å². The number of hydrogen-bond acceptors (Lipinski definition) is 4. The van der Waals surface area contributed by atoms with Crippen LogP contribution in [0.25, 0.3) is 0 Å². The van der Waals surface area contributed by atoms with Gasteiger partial charge in [0.25, 0.3) is 0 Å². The van der Waals surface area contributed by atoms with Gasteiger partial charge >= 0.3 is 0 Å². The quantitative estimate of drug-likeness (QED) is 0.508. The fourth-order valence-electron chi connectivity index (χ4n) is 1.08. The highest BCUT2D eigenvalue weighted by atomic mass is 16.5. The van der Waals surface area contributed by atoms with Gasteiger partial charge in [0.05, 0.1) is 19.3 Å². The van der Waals surface area contributed by atoms with Gasteiger partial charge in [0.2, 0.25) is 0 Å². The first-order chi connectivity index (χ1) is 6.81. The van der Waals surface area contributed by atoms with Crippen LogP contribution < -0.4 is 11.5 Å². The molecule has 1 atom stereocenters. The van der Waals surface area contributed by atoms with E-state index in [2.05, 4.69) is 6.92 Å². The van der Waals surface area contributed by atoms with E-state index in [4.69, 9.17) is 20.9 Å². The van der Waals surface area contributed by atoms with Gasteiger partial charge in [0.1, 0.15) is 0 Å². The molecular weight excluding hydrogens is 180 g/mol. The van der Waals surface area contributed by atoms with Crippen molar-refractivity contribution in [3.63, 3.8) is 0 Å². The third-order valence-electron chi connectivity index (χ3n) is 1.94. The highest BCUT2D eigenvalue weighted by Crippen LogP contribution is 1.99. The average Bonchev–Trinajstić information content (AvgIpc) is 2.20. The highest BCUT2D eigenvalue weighted by molar-refractivity contribution is 4.50. The van der Waals surface area contributed by atoms with Crippen molar-refractivity contribution in [1.29, 1.82) is 0 Å². The molecule has 4 heteroatoms. The molecule has 0 spiro atoms. The third-order valence-corrected chi connectivity index (χ3v) is 1.94. The van der Waals surface area contributed by atoms with Crippen molar-refractivity contribution in [2.45, 2.75) is 32.3 Å². The fraction of sp³-hybridized carbons (Fsp3) is 1.00. The first kappa shape index (κ1) is 13.8. The minimum Gasteiger partial charge on any atom is -0.379 e. The lowest BCUT2D eigenvalue weighted by Gasteiger charge is -2.12. The highest BCUT2D eigenvalue weighted by Gasteiger charge is 2.00. The van der Waals surface area contributed by atoms with Gasteiger partial charge in [-0.05, 0) is 39.3 Å². The summed E-state index contributed by atoms with van der Waals surface area (Å²) in [5, 5.41) is 0. The summed E-state index contributed by atoms with van der Waals surface area (Å²) in [6.45, 7) is 5.55. The van der Waals surface area contributed by atoms with Crippen molar-refractivity contribution < 1.29 is 9.47 Å². The molecule has 0 aliphatic carbocycles. The molecule has 0 radical (unpaired) electrons. The predicted molar refractivity (Wildman–Crippen MR) is 58.2 cm³/mol. The third kappa shape index (κ3) is 9.92. The maximum Gasteiger partial charge on any atom is 0.0704 e. The Balaban J connectivity index is 3.02. The van der Waals surface area contributed by atoms with Crippen LogP contribution in [-0.2, 0) is 9.47 Å². The van der Waals surface area contributed by atoms with Crippen LogP contribution in [0, 0.1) is 0 Å². The summed E-state index contributed by atoms with van der Waals surface area (Å²) in [6, 6.07) is 0. The maximum absolute atomic E-state index is 5.51. The normalized spacial score (nSPS) is 13.1. The number of hydrogen-bond donors (Lipinski definition) is 2. The van der Waals surface area contributed by atoms with Crippen LogP contribution in [0.3, 0.4) is 0 Å². The molecule has 1 unspecified atom stereocenters. The van der Waals surface area contributed by atoms with Gasteiger partial charge in [0, 0.05) is 6.61 Å². The lowest BCUT2D eigenvalue weighted by atomic mass is 10.2. The Kier molecular flexibility index (Phi) is 10.8. The van der Waals surface area contributed by atoms with Crippen LogP contribution in [0.15, 0.2) is 0 Å². The van der Waals surface area contributed by atoms with Crippen molar-refractivity contribution in [2.75, 3.05) is 32.9 Å². The van der Waals surface area contributed by atoms with Crippen molar-refractivity contribution >= 4 is 0 Å². The number of rotatable bonds is 10. The molecule has 14 heavy (non-hydrogen) atoms. The van der Waals surface area contributed by atoms with E-state index >= 15 is 0 Å². The molecule has 0 aromatic rings. The predicted octanol–water partition coefficient (Wildman–Crippen LogP) is 0.496. The first-order valence-corrected chi connectivity index (χ1v) is 5.40. The topological polar surface area (TPSA) is 70.5 Å². The van der Waals surface area contributed by atoms with Crippen molar-refractivity contribution in [1.82, 2.24) is 0 Å². The van der Waals surface area contributed by atoms with Crippen molar-refractivity contribution in [3.05, 3.63) is 0 Å². The van der Waals surface area contributed by atoms with Gasteiger partial charge in [0.15, 0.2) is 0 Å². The van der Waals surface area contributed by atoms with E-state index < -0.39 is 0 Å². The van der Waals surface area contributed by atoms with E-state index in [1.165, 1.54) is 0 Å². The number of nitrogens with two attached hydrogens (primary N) is 2. The lowest BCUT2D eigenvalue weighted by Crippen LogP contribution is -2.15. The van der Waals surface area contributed by atoms with Crippen LogP contribution in [0.5, 0.6) is 0 Å². The molecule has 0 aromatic heterocycles. The Morgan fingerprint density at radius 2 is 1.71 bits per heavy atom. The van der Waals surface area contributed by atoms with E-state index in [1.807, 2.05) is 0 Å². The van der Waals surface area contributed by atoms with Crippen LogP contribution in [-0.4, -0.2) is 39.0 Å². The average molecular weight is 204 g/mol. The minimum absolute atomic E-state index is 0.289. The summed E-state index contributed by atoms with van der Waals surface area (Å²) in [4.78, 5) is 0. The second-order valence-corrected chi connectivity index (χ2v) is 3.37. The smallest absolute Gasteiger partial charge is 0.0704 e. The Labute approximate surface area is 86.9 Å². The molecule has 0 aromatic carbocycles. The van der Waals surface area contributed by atoms with Crippen LogP contribution in [0.4, 0.5) is 0 Å². The Morgan fingerprint density at radius 1 is 1.00 bits per heavy atom. The van der Waals surface area contributed by atoms with Gasteiger partial charge in [-0.2, -0.15) is 0 Å². The Hall–Kier alpha value is -0.160. The molecule has 0 heterocycles. The zero-order valence-corrected chi connectivity index (χ0v) is 9.21. The zero-order valence-electron chi connectivity index (χ0n) is 9.21. The van der Waals surface area contributed by atoms with Gasteiger partial charge < -0.3 is 20.9 Å². The SMILES string of the molecule is CC(CCCN)OCCOCCCN. The molecule has 4 nitrogen and oxygen atoms in total. The van der Waals surface area contributed by atoms with E-state index in [9.17, 15) is 0 Å². The number of ether oxygens (including phenoxy) is 2. The summed E-state index contributed by atoms with van der Waals surface area (Å²) >= 11 is 0. The van der Waals surface area contributed by atoms with Gasteiger partial charge in [-0.1, -0.05) is 0 Å².